The number of rotatable bonds is 3. The Balaban J connectivity index is 1.33. The monoisotopic (exact) mass is 479 g/mol. The minimum Gasteiger partial charge on any atom is -0.356 e. The molecule has 3 aliphatic rings. The third kappa shape index (κ3) is 3.40. The van der Waals surface area contributed by atoms with E-state index in [0.717, 1.165) is 59.6 Å². The van der Waals surface area contributed by atoms with Crippen LogP contribution in [0.2, 0.25) is 0 Å². The summed E-state index contributed by atoms with van der Waals surface area (Å²) in [6.45, 7) is 2.51. The first-order chi connectivity index (χ1) is 17.7. The Labute approximate surface area is 208 Å². The molecule has 0 amide bonds. The molecule has 2 aliphatic heterocycles. The van der Waals surface area contributed by atoms with E-state index in [9.17, 15) is 4.39 Å². The number of benzene rings is 2. The molecule has 36 heavy (non-hydrogen) atoms. The fourth-order valence-corrected chi connectivity index (χ4v) is 5.55. The molecule has 1 atom stereocenters. The lowest BCUT2D eigenvalue weighted by atomic mass is 9.90. The van der Waals surface area contributed by atoms with Crippen molar-refractivity contribution in [2.24, 2.45) is 4.99 Å². The third-order valence-electron chi connectivity index (χ3n) is 7.37. The maximum atomic E-state index is 15.0. The highest BCUT2D eigenvalue weighted by molar-refractivity contribution is 6.17. The number of aromatic nitrogens is 3. The van der Waals surface area contributed by atoms with Crippen LogP contribution in [0.4, 0.5) is 21.7 Å². The topological polar surface area (TPSA) is 90.0 Å². The van der Waals surface area contributed by atoms with E-state index in [1.165, 1.54) is 22.9 Å². The SMILES string of the molecule is CC1NNc2cc(Nc3ncc4c(n3)-c3[nH]c5c(c3C(c3ccccc3F)=NC4)CCCC5)ccc21. The lowest BCUT2D eigenvalue weighted by Gasteiger charge is -2.14. The second-order valence-corrected chi connectivity index (χ2v) is 9.67. The summed E-state index contributed by atoms with van der Waals surface area (Å²) in [5.41, 5.74) is 16.9. The molecule has 0 bridgehead atoms. The molecule has 0 fully saturated rings. The van der Waals surface area contributed by atoms with Gasteiger partial charge in [-0.2, -0.15) is 0 Å². The lowest BCUT2D eigenvalue weighted by Crippen LogP contribution is -2.15. The normalized spacial score (nSPS) is 17.7. The second kappa shape index (κ2) is 8.27. The maximum Gasteiger partial charge on any atom is 0.227 e. The number of hydrogen-bond acceptors (Lipinski definition) is 6. The molecule has 7 rings (SSSR count). The summed E-state index contributed by atoms with van der Waals surface area (Å²) in [4.78, 5) is 18.1. The van der Waals surface area contributed by atoms with Crippen molar-refractivity contribution in [3.8, 4) is 11.4 Å². The summed E-state index contributed by atoms with van der Waals surface area (Å²) in [7, 11) is 0. The number of aromatic amines is 1. The Kier molecular flexibility index (Phi) is 4.89. The van der Waals surface area contributed by atoms with E-state index in [2.05, 4.69) is 45.2 Å². The Morgan fingerprint density at radius 2 is 1.97 bits per heavy atom. The minimum absolute atomic E-state index is 0.263. The Hall–Kier alpha value is -4.04. The standard InChI is InChI=1S/C28H26FN7/c1-15-18-11-10-17(12-23(18)36-35-15)32-28-31-14-16-13-30-26(19-6-2-4-8-21(19)29)24-20-7-3-5-9-22(20)33-27(24)25(16)34-28/h2,4,6,8,10-12,14-15,33,35-36H,3,5,7,9,13H2,1H3,(H,31,32,34). The predicted octanol–water partition coefficient (Wildman–Crippen LogP) is 5.58. The summed E-state index contributed by atoms with van der Waals surface area (Å²) >= 11 is 0. The number of aliphatic imine (C=N–C) groups is 1. The van der Waals surface area contributed by atoms with E-state index < -0.39 is 0 Å². The summed E-state index contributed by atoms with van der Waals surface area (Å²) in [5, 5.41) is 3.36. The van der Waals surface area contributed by atoms with E-state index in [1.807, 2.05) is 24.4 Å². The molecule has 8 heteroatoms. The molecule has 1 aliphatic carbocycles. The van der Waals surface area contributed by atoms with Crippen LogP contribution >= 0.6 is 0 Å². The molecule has 0 radical (unpaired) electrons. The average molecular weight is 480 g/mol. The zero-order chi connectivity index (χ0) is 24.2. The zero-order valence-electron chi connectivity index (χ0n) is 20.0. The van der Waals surface area contributed by atoms with Gasteiger partial charge in [0.1, 0.15) is 5.82 Å². The van der Waals surface area contributed by atoms with Gasteiger partial charge in [0.25, 0.3) is 0 Å². The third-order valence-corrected chi connectivity index (χ3v) is 7.37. The molecule has 180 valence electrons. The van der Waals surface area contributed by atoms with Crippen molar-refractivity contribution in [1.82, 2.24) is 20.4 Å². The summed E-state index contributed by atoms with van der Waals surface area (Å²) in [5.74, 6) is 0.252. The second-order valence-electron chi connectivity index (χ2n) is 9.67. The highest BCUT2D eigenvalue weighted by Crippen LogP contribution is 2.38. The first-order valence-electron chi connectivity index (χ1n) is 12.5. The smallest absolute Gasteiger partial charge is 0.227 e. The first-order valence-corrected chi connectivity index (χ1v) is 12.5. The molecule has 2 aromatic carbocycles. The fraction of sp³-hybridized carbons (Fsp3) is 0.250. The van der Waals surface area contributed by atoms with Crippen LogP contribution in [0, 0.1) is 5.82 Å². The highest BCUT2D eigenvalue weighted by atomic mass is 19.1. The van der Waals surface area contributed by atoms with Gasteiger partial charge in [-0.1, -0.05) is 18.2 Å². The number of nitrogens with zero attached hydrogens (tertiary/aromatic N) is 3. The molecule has 2 aromatic heterocycles. The van der Waals surface area contributed by atoms with Gasteiger partial charge in [-0.15, -0.1) is 0 Å². The van der Waals surface area contributed by atoms with Crippen LogP contribution in [0.3, 0.4) is 0 Å². The lowest BCUT2D eigenvalue weighted by molar-refractivity contribution is 0.625. The van der Waals surface area contributed by atoms with Gasteiger partial charge in [-0.05, 0) is 68.0 Å². The number of hydrogen-bond donors (Lipinski definition) is 4. The molecule has 4 N–H and O–H groups in total. The van der Waals surface area contributed by atoms with E-state index in [4.69, 9.17) is 9.98 Å². The summed E-state index contributed by atoms with van der Waals surface area (Å²) in [6.07, 6.45) is 6.02. The number of H-pyrrole nitrogens is 1. The van der Waals surface area contributed by atoms with Gasteiger partial charge in [0.15, 0.2) is 0 Å². The van der Waals surface area contributed by atoms with Crippen LogP contribution in [0.1, 0.15) is 59.3 Å². The number of aryl methyl sites for hydroxylation is 1. The quantitative estimate of drug-likeness (QED) is 0.308. The van der Waals surface area contributed by atoms with Crippen molar-refractivity contribution in [2.45, 2.75) is 45.2 Å². The molecule has 4 heterocycles. The molecule has 7 nitrogen and oxygen atoms in total. The maximum absolute atomic E-state index is 15.0. The van der Waals surface area contributed by atoms with E-state index in [1.54, 1.807) is 6.07 Å². The van der Waals surface area contributed by atoms with E-state index in [-0.39, 0.29) is 11.9 Å². The number of halogens is 1. The Morgan fingerprint density at radius 3 is 2.89 bits per heavy atom. The van der Waals surface area contributed by atoms with Gasteiger partial charge in [0, 0.05) is 34.3 Å². The van der Waals surface area contributed by atoms with Crippen LogP contribution in [-0.2, 0) is 19.4 Å². The number of fused-ring (bicyclic) bond motifs is 6. The molecular formula is C28H26FN7. The molecule has 0 saturated carbocycles. The summed E-state index contributed by atoms with van der Waals surface area (Å²) < 4.78 is 15.0. The molecule has 0 saturated heterocycles. The molecular weight excluding hydrogens is 453 g/mol. The van der Waals surface area contributed by atoms with Crippen LogP contribution in [0.5, 0.6) is 0 Å². The first kappa shape index (κ1) is 21.3. The van der Waals surface area contributed by atoms with Crippen molar-refractivity contribution in [3.05, 3.63) is 88.0 Å². The van der Waals surface area contributed by atoms with Crippen LogP contribution in [-0.4, -0.2) is 20.7 Å². The van der Waals surface area contributed by atoms with Gasteiger partial charge in [-0.3, -0.25) is 4.99 Å². The summed E-state index contributed by atoms with van der Waals surface area (Å²) in [6, 6.07) is 13.3. The van der Waals surface area contributed by atoms with Gasteiger partial charge in [-0.25, -0.2) is 19.8 Å². The number of nitrogens with one attached hydrogen (secondary N) is 4. The zero-order valence-corrected chi connectivity index (χ0v) is 20.0. The van der Waals surface area contributed by atoms with Crippen molar-refractivity contribution in [2.75, 3.05) is 10.7 Å². The van der Waals surface area contributed by atoms with Gasteiger partial charge in [0.05, 0.1) is 35.4 Å². The Bertz CT molecular complexity index is 1540. The van der Waals surface area contributed by atoms with Crippen molar-refractivity contribution < 1.29 is 4.39 Å². The van der Waals surface area contributed by atoms with Gasteiger partial charge >= 0.3 is 0 Å². The number of hydrazine groups is 1. The van der Waals surface area contributed by atoms with Crippen molar-refractivity contribution >= 4 is 23.0 Å². The minimum atomic E-state index is -0.263. The van der Waals surface area contributed by atoms with Gasteiger partial charge < -0.3 is 15.7 Å². The van der Waals surface area contributed by atoms with Crippen LogP contribution in [0.15, 0.2) is 53.7 Å². The number of anilines is 3. The Morgan fingerprint density at radius 1 is 1.08 bits per heavy atom. The molecule has 0 spiro atoms. The van der Waals surface area contributed by atoms with E-state index >= 15 is 0 Å². The van der Waals surface area contributed by atoms with Crippen LogP contribution in [0.25, 0.3) is 11.4 Å². The largest absolute Gasteiger partial charge is 0.356 e. The fourth-order valence-electron chi connectivity index (χ4n) is 5.55. The van der Waals surface area contributed by atoms with Crippen LogP contribution < -0.4 is 16.2 Å². The average Bonchev–Trinajstić information content (AvgIpc) is 3.42. The van der Waals surface area contributed by atoms with Gasteiger partial charge in [0.2, 0.25) is 5.95 Å². The van der Waals surface area contributed by atoms with Crippen molar-refractivity contribution in [3.63, 3.8) is 0 Å². The molecule has 4 aromatic rings. The molecule has 1 unspecified atom stereocenters. The highest BCUT2D eigenvalue weighted by Gasteiger charge is 2.30. The predicted molar refractivity (Wildman–Crippen MR) is 139 cm³/mol. The van der Waals surface area contributed by atoms with E-state index in [0.29, 0.717) is 23.8 Å². The van der Waals surface area contributed by atoms with Crippen molar-refractivity contribution in [1.29, 1.82) is 0 Å².